The molecule has 3 fully saturated rings. The summed E-state index contributed by atoms with van der Waals surface area (Å²) >= 11 is 0. The van der Waals surface area contributed by atoms with Gasteiger partial charge in [-0.25, -0.2) is 4.79 Å². The van der Waals surface area contributed by atoms with Crippen molar-refractivity contribution in [1.29, 1.82) is 0 Å². The first kappa shape index (κ1) is 17.4. The van der Waals surface area contributed by atoms with Crippen molar-refractivity contribution in [2.24, 2.45) is 29.1 Å². The number of carbonyl (C=O) groups excluding carboxylic acids is 1. The van der Waals surface area contributed by atoms with Gasteiger partial charge >= 0.3 is 12.1 Å². The summed E-state index contributed by atoms with van der Waals surface area (Å²) < 4.78 is 42.8. The number of esters is 1. The van der Waals surface area contributed by atoms with E-state index in [0.29, 0.717) is 30.1 Å². The first-order valence-electron chi connectivity index (χ1n) is 9.68. The second-order valence-electron chi connectivity index (χ2n) is 8.94. The minimum Gasteiger partial charge on any atom is -0.455 e. The number of allylic oxidation sites excluding steroid dienone is 2. The first-order valence-corrected chi connectivity index (χ1v) is 9.68. The van der Waals surface area contributed by atoms with E-state index in [-0.39, 0.29) is 5.41 Å². The number of halogens is 3. The van der Waals surface area contributed by atoms with Gasteiger partial charge in [0.2, 0.25) is 0 Å². The van der Waals surface area contributed by atoms with E-state index in [0.717, 1.165) is 32.1 Å². The Labute approximate surface area is 147 Å². The Morgan fingerprint density at radius 2 is 1.84 bits per heavy atom. The van der Waals surface area contributed by atoms with Gasteiger partial charge in [0.1, 0.15) is 6.10 Å². The fraction of sp³-hybridized carbons (Fsp3) is 0.850. The lowest BCUT2D eigenvalue weighted by atomic mass is 9.53. The van der Waals surface area contributed by atoms with Gasteiger partial charge in [-0.15, -0.1) is 0 Å². The van der Waals surface area contributed by atoms with E-state index in [1.54, 1.807) is 11.1 Å². The number of fused-ring (bicyclic) bond motifs is 5. The second-order valence-corrected chi connectivity index (χ2v) is 8.94. The molecule has 6 atom stereocenters. The highest BCUT2D eigenvalue weighted by Crippen LogP contribution is 2.63. The molecule has 0 radical (unpaired) electrons. The summed E-state index contributed by atoms with van der Waals surface area (Å²) in [6, 6.07) is 0. The van der Waals surface area contributed by atoms with Crippen molar-refractivity contribution in [3.63, 3.8) is 0 Å². The summed E-state index contributed by atoms with van der Waals surface area (Å²) in [6.45, 7) is 4.34. The van der Waals surface area contributed by atoms with Gasteiger partial charge in [-0.1, -0.05) is 18.1 Å². The highest BCUT2D eigenvalue weighted by molar-refractivity contribution is 5.75. The van der Waals surface area contributed by atoms with Gasteiger partial charge in [0.15, 0.2) is 0 Å². The summed E-state index contributed by atoms with van der Waals surface area (Å²) in [5.74, 6) is 0.380. The molecule has 4 rings (SSSR count). The summed E-state index contributed by atoms with van der Waals surface area (Å²) in [5, 5.41) is 0. The van der Waals surface area contributed by atoms with E-state index in [2.05, 4.69) is 13.8 Å². The largest absolute Gasteiger partial charge is 0.490 e. The van der Waals surface area contributed by atoms with Crippen molar-refractivity contribution in [2.75, 3.05) is 0 Å². The lowest BCUT2D eigenvalue weighted by molar-refractivity contribution is -0.211. The second kappa shape index (κ2) is 5.75. The molecule has 0 spiro atoms. The molecular formula is C20H27F3O2. The SMILES string of the molecule is CC1=C2CC[C@@H]3[C@H](CC[C@]4(C)[C@@H](OC(=O)C(F)(F)F)CC[C@@H]34)[C@H]2CC1. The molecule has 4 aliphatic rings. The maximum atomic E-state index is 12.6. The van der Waals surface area contributed by atoms with Gasteiger partial charge in [0.05, 0.1) is 0 Å². The van der Waals surface area contributed by atoms with Gasteiger partial charge in [-0.2, -0.15) is 13.2 Å². The van der Waals surface area contributed by atoms with Crippen LogP contribution >= 0.6 is 0 Å². The van der Waals surface area contributed by atoms with Crippen LogP contribution in [0.1, 0.15) is 65.2 Å². The predicted octanol–water partition coefficient (Wildman–Crippen LogP) is 5.42. The number of carbonyl (C=O) groups is 1. The van der Waals surface area contributed by atoms with Crippen molar-refractivity contribution in [3.05, 3.63) is 11.1 Å². The topological polar surface area (TPSA) is 26.3 Å². The molecule has 0 unspecified atom stereocenters. The number of alkyl halides is 3. The van der Waals surface area contributed by atoms with Gasteiger partial charge in [0, 0.05) is 5.41 Å². The Morgan fingerprint density at radius 1 is 1.08 bits per heavy atom. The zero-order chi connectivity index (χ0) is 18.0. The van der Waals surface area contributed by atoms with Gasteiger partial charge in [0.25, 0.3) is 0 Å². The van der Waals surface area contributed by atoms with Crippen molar-refractivity contribution in [3.8, 4) is 0 Å². The highest BCUT2D eigenvalue weighted by Gasteiger charge is 2.58. The Balaban J connectivity index is 1.53. The van der Waals surface area contributed by atoms with Gasteiger partial charge in [-0.05, 0) is 82.0 Å². The van der Waals surface area contributed by atoms with Crippen LogP contribution in [-0.2, 0) is 9.53 Å². The highest BCUT2D eigenvalue weighted by atomic mass is 19.4. The van der Waals surface area contributed by atoms with Crippen LogP contribution in [0.25, 0.3) is 0 Å². The maximum absolute atomic E-state index is 12.6. The van der Waals surface area contributed by atoms with E-state index in [1.807, 2.05) is 0 Å². The number of hydrogen-bond donors (Lipinski definition) is 0. The van der Waals surface area contributed by atoms with Crippen molar-refractivity contribution in [1.82, 2.24) is 0 Å². The van der Waals surface area contributed by atoms with Crippen LogP contribution < -0.4 is 0 Å². The van der Waals surface area contributed by atoms with Crippen molar-refractivity contribution < 1.29 is 22.7 Å². The van der Waals surface area contributed by atoms with E-state index in [1.165, 1.54) is 12.8 Å². The van der Waals surface area contributed by atoms with E-state index in [9.17, 15) is 18.0 Å². The quantitative estimate of drug-likeness (QED) is 0.463. The van der Waals surface area contributed by atoms with Gasteiger partial charge in [-0.3, -0.25) is 0 Å². The molecule has 3 saturated carbocycles. The normalized spacial score (nSPS) is 43.5. The number of hydrogen-bond acceptors (Lipinski definition) is 2. The standard InChI is InChI=1S/C20H27F3O2/c1-11-3-4-13-12(11)5-6-15-14(13)9-10-19(2)16(15)7-8-17(19)25-18(24)20(21,22)23/h13-17H,3-10H2,1-2H3/t13-,14+,15+,16-,17-,19-/m0/s1. The molecule has 4 aliphatic carbocycles. The lowest BCUT2D eigenvalue weighted by Gasteiger charge is -2.52. The average molecular weight is 356 g/mol. The van der Waals surface area contributed by atoms with Crippen molar-refractivity contribution in [2.45, 2.75) is 77.5 Å². The van der Waals surface area contributed by atoms with Crippen molar-refractivity contribution >= 4 is 5.97 Å². The van der Waals surface area contributed by atoms with Crippen LogP contribution in [-0.4, -0.2) is 18.2 Å². The molecule has 140 valence electrons. The fourth-order valence-corrected chi connectivity index (χ4v) is 6.79. The predicted molar refractivity (Wildman–Crippen MR) is 87.6 cm³/mol. The zero-order valence-corrected chi connectivity index (χ0v) is 15.0. The molecule has 0 aliphatic heterocycles. The van der Waals surface area contributed by atoms with Crippen LogP contribution in [0.5, 0.6) is 0 Å². The fourth-order valence-electron chi connectivity index (χ4n) is 6.79. The summed E-state index contributed by atoms with van der Waals surface area (Å²) in [5.41, 5.74) is 2.99. The monoisotopic (exact) mass is 356 g/mol. The molecule has 0 aromatic carbocycles. The molecular weight excluding hydrogens is 329 g/mol. The minimum absolute atomic E-state index is 0.281. The Kier molecular flexibility index (Phi) is 4.01. The molecule has 0 N–H and O–H groups in total. The summed E-state index contributed by atoms with van der Waals surface area (Å²) in [4.78, 5) is 11.4. The molecule has 5 heteroatoms. The van der Waals surface area contributed by atoms with Crippen LogP contribution in [0.2, 0.25) is 0 Å². The van der Waals surface area contributed by atoms with Crippen LogP contribution in [0.3, 0.4) is 0 Å². The first-order chi connectivity index (χ1) is 11.7. The maximum Gasteiger partial charge on any atom is 0.490 e. The summed E-state index contributed by atoms with van der Waals surface area (Å²) in [6.07, 6.45) is 2.78. The smallest absolute Gasteiger partial charge is 0.455 e. The number of rotatable bonds is 1. The third-order valence-electron chi connectivity index (χ3n) is 7.98. The van der Waals surface area contributed by atoms with Crippen LogP contribution in [0.4, 0.5) is 13.2 Å². The molecule has 2 nitrogen and oxygen atoms in total. The Hall–Kier alpha value is -1.00. The van der Waals surface area contributed by atoms with E-state index >= 15 is 0 Å². The minimum atomic E-state index is -4.89. The molecule has 25 heavy (non-hydrogen) atoms. The lowest BCUT2D eigenvalue weighted by Crippen LogP contribution is -2.48. The summed E-state index contributed by atoms with van der Waals surface area (Å²) in [7, 11) is 0. The van der Waals surface area contributed by atoms with Gasteiger partial charge < -0.3 is 4.74 Å². The molecule has 0 heterocycles. The Bertz CT molecular complexity index is 609. The molecule has 0 aromatic heterocycles. The average Bonchev–Trinajstić information content (AvgIpc) is 3.07. The zero-order valence-electron chi connectivity index (χ0n) is 15.0. The third kappa shape index (κ3) is 2.64. The van der Waals surface area contributed by atoms with E-state index in [4.69, 9.17) is 4.74 Å². The molecule has 0 amide bonds. The van der Waals surface area contributed by atoms with Crippen LogP contribution in [0, 0.1) is 29.1 Å². The third-order valence-corrected chi connectivity index (χ3v) is 7.98. The molecule has 0 aromatic rings. The van der Waals surface area contributed by atoms with E-state index < -0.39 is 18.2 Å². The molecule has 0 bridgehead atoms. The van der Waals surface area contributed by atoms with Crippen LogP contribution in [0.15, 0.2) is 11.1 Å². The molecule has 0 saturated heterocycles. The Morgan fingerprint density at radius 3 is 2.56 bits per heavy atom. The number of ether oxygens (including phenoxy) is 1.